The Balaban J connectivity index is 2.00. The summed E-state index contributed by atoms with van der Waals surface area (Å²) in [6, 6.07) is 7.73. The molecule has 0 saturated carbocycles. The number of hydrogen-bond acceptors (Lipinski definition) is 3. The van der Waals surface area contributed by atoms with Crippen molar-refractivity contribution in [2.75, 3.05) is 37.7 Å². The second-order valence-corrected chi connectivity index (χ2v) is 4.79. The third kappa shape index (κ3) is 3.15. The highest BCUT2D eigenvalue weighted by molar-refractivity contribution is 6.30. The molecule has 1 aliphatic heterocycles. The number of rotatable bonds is 2. The molecule has 0 unspecified atom stereocenters. The van der Waals surface area contributed by atoms with Gasteiger partial charge in [-0.15, -0.1) is 0 Å². The lowest BCUT2D eigenvalue weighted by molar-refractivity contribution is -0.133. The van der Waals surface area contributed by atoms with E-state index < -0.39 is 6.61 Å². The Morgan fingerprint density at radius 3 is 2.56 bits per heavy atom. The van der Waals surface area contributed by atoms with Crippen LogP contribution >= 0.6 is 11.6 Å². The van der Waals surface area contributed by atoms with E-state index in [2.05, 4.69) is 4.90 Å². The first-order valence-corrected chi connectivity index (χ1v) is 6.47. The van der Waals surface area contributed by atoms with Crippen LogP contribution in [0.25, 0.3) is 0 Å². The summed E-state index contributed by atoms with van der Waals surface area (Å²) in [4.78, 5) is 15.4. The normalized spacial score (nSPS) is 16.6. The van der Waals surface area contributed by atoms with E-state index in [9.17, 15) is 4.79 Å². The topological polar surface area (TPSA) is 43.8 Å². The van der Waals surface area contributed by atoms with Crippen molar-refractivity contribution in [3.8, 4) is 0 Å². The maximum atomic E-state index is 11.4. The number of benzene rings is 1. The van der Waals surface area contributed by atoms with Crippen molar-refractivity contribution in [2.45, 2.75) is 6.42 Å². The number of hydrogen-bond donors (Lipinski definition) is 1. The minimum Gasteiger partial charge on any atom is -0.387 e. The van der Waals surface area contributed by atoms with Gasteiger partial charge in [0.1, 0.15) is 6.61 Å². The molecule has 1 saturated heterocycles. The lowest BCUT2D eigenvalue weighted by Gasteiger charge is -2.23. The quantitative estimate of drug-likeness (QED) is 0.881. The highest BCUT2D eigenvalue weighted by Gasteiger charge is 2.18. The lowest BCUT2D eigenvalue weighted by atomic mass is 10.2. The molecule has 0 radical (unpaired) electrons. The Bertz CT molecular complexity index is 408. The summed E-state index contributed by atoms with van der Waals surface area (Å²) in [5, 5.41) is 9.60. The van der Waals surface area contributed by atoms with E-state index in [0.29, 0.717) is 13.1 Å². The zero-order valence-electron chi connectivity index (χ0n) is 10.2. The number of carbonyl (C=O) groups excluding carboxylic acids is 1. The molecule has 1 aliphatic rings. The largest absolute Gasteiger partial charge is 0.387 e. The Kier molecular flexibility index (Phi) is 4.44. The molecule has 98 valence electrons. The Labute approximate surface area is 112 Å². The number of amides is 1. The second-order valence-electron chi connectivity index (χ2n) is 4.36. The van der Waals surface area contributed by atoms with E-state index in [0.717, 1.165) is 30.2 Å². The predicted molar refractivity (Wildman–Crippen MR) is 71.9 cm³/mol. The highest BCUT2D eigenvalue weighted by atomic mass is 35.5. The van der Waals surface area contributed by atoms with E-state index in [1.54, 1.807) is 4.90 Å². The van der Waals surface area contributed by atoms with Crippen LogP contribution in [0.4, 0.5) is 5.69 Å². The Morgan fingerprint density at radius 2 is 1.89 bits per heavy atom. The SMILES string of the molecule is O=C(CO)N1CCCN(c2ccc(Cl)cc2)CC1. The fraction of sp³-hybridized carbons (Fsp3) is 0.462. The molecule has 18 heavy (non-hydrogen) atoms. The first-order chi connectivity index (χ1) is 8.70. The number of halogens is 1. The fourth-order valence-corrected chi connectivity index (χ4v) is 2.30. The van der Waals surface area contributed by atoms with Crippen LogP contribution in [0.3, 0.4) is 0 Å². The van der Waals surface area contributed by atoms with E-state index in [1.165, 1.54) is 0 Å². The van der Waals surface area contributed by atoms with Crippen LogP contribution in [0, 0.1) is 0 Å². The standard InChI is InChI=1S/C13H17ClN2O2/c14-11-2-4-12(5-3-11)15-6-1-7-16(9-8-15)13(18)10-17/h2-5,17H,1,6-10H2. The number of carbonyl (C=O) groups is 1. The van der Waals surface area contributed by atoms with Gasteiger partial charge in [-0.1, -0.05) is 11.6 Å². The average Bonchev–Trinajstić information content (AvgIpc) is 2.64. The zero-order chi connectivity index (χ0) is 13.0. The number of aliphatic hydroxyl groups is 1. The van der Waals surface area contributed by atoms with Gasteiger partial charge in [-0.2, -0.15) is 0 Å². The molecule has 2 rings (SSSR count). The van der Waals surface area contributed by atoms with Crippen molar-refractivity contribution in [1.82, 2.24) is 4.90 Å². The molecule has 0 aliphatic carbocycles. The second kappa shape index (κ2) is 6.07. The van der Waals surface area contributed by atoms with Gasteiger partial charge in [0.25, 0.3) is 0 Å². The van der Waals surface area contributed by atoms with Crippen molar-refractivity contribution in [2.24, 2.45) is 0 Å². The van der Waals surface area contributed by atoms with Crippen molar-refractivity contribution in [3.63, 3.8) is 0 Å². The van der Waals surface area contributed by atoms with Crippen molar-refractivity contribution < 1.29 is 9.90 Å². The van der Waals surface area contributed by atoms with Crippen molar-refractivity contribution >= 4 is 23.2 Å². The van der Waals surface area contributed by atoms with Crippen LogP contribution < -0.4 is 4.90 Å². The van der Waals surface area contributed by atoms with E-state index >= 15 is 0 Å². The van der Waals surface area contributed by atoms with Crippen LogP contribution in [0.1, 0.15) is 6.42 Å². The summed E-state index contributed by atoms with van der Waals surface area (Å²) in [5.41, 5.74) is 1.12. The third-order valence-electron chi connectivity index (χ3n) is 3.18. The molecule has 0 aromatic heterocycles. The molecule has 0 bridgehead atoms. The van der Waals surface area contributed by atoms with E-state index in [4.69, 9.17) is 16.7 Å². The van der Waals surface area contributed by atoms with Gasteiger partial charge >= 0.3 is 0 Å². The van der Waals surface area contributed by atoms with Gasteiger partial charge in [0.2, 0.25) is 5.91 Å². The Hall–Kier alpha value is -1.26. The predicted octanol–water partition coefficient (Wildman–Crippen LogP) is 1.37. The van der Waals surface area contributed by atoms with Gasteiger partial charge in [0.05, 0.1) is 0 Å². The molecular weight excluding hydrogens is 252 g/mol. The Morgan fingerprint density at radius 1 is 1.17 bits per heavy atom. The monoisotopic (exact) mass is 268 g/mol. The molecule has 5 heteroatoms. The van der Waals surface area contributed by atoms with Gasteiger partial charge in [-0.05, 0) is 30.7 Å². The van der Waals surface area contributed by atoms with Crippen LogP contribution in [0.2, 0.25) is 5.02 Å². The van der Waals surface area contributed by atoms with Gasteiger partial charge in [0.15, 0.2) is 0 Å². The summed E-state index contributed by atoms with van der Waals surface area (Å²) in [7, 11) is 0. The first kappa shape index (κ1) is 13.2. The minimum absolute atomic E-state index is 0.187. The number of anilines is 1. The lowest BCUT2D eigenvalue weighted by Crippen LogP contribution is -2.36. The zero-order valence-corrected chi connectivity index (χ0v) is 10.9. The summed E-state index contributed by atoms with van der Waals surface area (Å²) >= 11 is 5.87. The average molecular weight is 269 g/mol. The molecular formula is C13H17ClN2O2. The highest BCUT2D eigenvalue weighted by Crippen LogP contribution is 2.19. The van der Waals surface area contributed by atoms with E-state index in [1.807, 2.05) is 24.3 Å². The molecule has 1 fully saturated rings. The summed E-state index contributed by atoms with van der Waals surface area (Å²) in [5.74, 6) is -0.187. The smallest absolute Gasteiger partial charge is 0.248 e. The maximum Gasteiger partial charge on any atom is 0.248 e. The molecule has 1 N–H and O–H groups in total. The van der Waals surface area contributed by atoms with Crippen molar-refractivity contribution in [1.29, 1.82) is 0 Å². The van der Waals surface area contributed by atoms with E-state index in [-0.39, 0.29) is 5.91 Å². The molecule has 1 aromatic carbocycles. The fourth-order valence-electron chi connectivity index (χ4n) is 2.18. The molecule has 1 amide bonds. The minimum atomic E-state index is -0.402. The maximum absolute atomic E-state index is 11.4. The summed E-state index contributed by atoms with van der Waals surface area (Å²) in [6.07, 6.45) is 0.911. The van der Waals surface area contributed by atoms with Gasteiger partial charge < -0.3 is 14.9 Å². The number of aliphatic hydroxyl groups excluding tert-OH is 1. The van der Waals surface area contributed by atoms with Crippen LogP contribution in [0.5, 0.6) is 0 Å². The van der Waals surface area contributed by atoms with Gasteiger partial charge in [-0.3, -0.25) is 4.79 Å². The summed E-state index contributed by atoms with van der Waals surface area (Å²) < 4.78 is 0. The van der Waals surface area contributed by atoms with Crippen LogP contribution in [-0.2, 0) is 4.79 Å². The van der Waals surface area contributed by atoms with Gasteiger partial charge in [0, 0.05) is 36.9 Å². The molecule has 1 heterocycles. The first-order valence-electron chi connectivity index (χ1n) is 6.10. The van der Waals surface area contributed by atoms with Gasteiger partial charge in [-0.25, -0.2) is 0 Å². The number of nitrogens with zero attached hydrogens (tertiary/aromatic N) is 2. The van der Waals surface area contributed by atoms with Crippen molar-refractivity contribution in [3.05, 3.63) is 29.3 Å². The molecule has 4 nitrogen and oxygen atoms in total. The summed E-state index contributed by atoms with van der Waals surface area (Å²) in [6.45, 7) is 2.66. The molecule has 0 spiro atoms. The molecule has 1 aromatic rings. The third-order valence-corrected chi connectivity index (χ3v) is 3.43. The molecule has 0 atom stereocenters. The van der Waals surface area contributed by atoms with Crippen LogP contribution in [0.15, 0.2) is 24.3 Å². The van der Waals surface area contributed by atoms with Crippen LogP contribution in [-0.4, -0.2) is 48.7 Å².